The van der Waals surface area contributed by atoms with Gasteiger partial charge in [-0.2, -0.15) is 0 Å². The first-order valence-corrected chi connectivity index (χ1v) is 5.43. The molecule has 0 amide bonds. The van der Waals surface area contributed by atoms with Gasteiger partial charge in [0.15, 0.2) is 6.29 Å². The highest BCUT2D eigenvalue weighted by atomic mass is 16.6. The minimum atomic E-state index is -0.451. The first-order valence-electron chi connectivity index (χ1n) is 5.43. The maximum atomic E-state index is 10.7. The van der Waals surface area contributed by atoms with Crippen LogP contribution in [0.1, 0.15) is 15.9 Å². The first kappa shape index (κ1) is 12.7. The van der Waals surface area contributed by atoms with Gasteiger partial charge >= 0.3 is 0 Å². The summed E-state index contributed by atoms with van der Waals surface area (Å²) in [6, 6.07) is 5.98. The fourth-order valence-electron chi connectivity index (χ4n) is 1.59. The Morgan fingerprint density at radius 1 is 1.26 bits per heavy atom. The predicted octanol–water partition coefficient (Wildman–Crippen LogP) is 2.90. The molecule has 2 aromatic rings. The minimum Gasteiger partial charge on any atom is -0.456 e. The molecule has 0 aliphatic heterocycles. The van der Waals surface area contributed by atoms with Crippen molar-refractivity contribution >= 4 is 12.0 Å². The summed E-state index contributed by atoms with van der Waals surface area (Å²) in [4.78, 5) is 24.7. The number of hydrogen-bond donors (Lipinski definition) is 0. The van der Waals surface area contributed by atoms with E-state index in [4.69, 9.17) is 4.74 Å². The molecule has 0 N–H and O–H groups in total. The molecule has 0 aliphatic carbocycles. The summed E-state index contributed by atoms with van der Waals surface area (Å²) >= 11 is 0. The van der Waals surface area contributed by atoms with Crippen molar-refractivity contribution in [2.75, 3.05) is 0 Å². The van der Waals surface area contributed by atoms with Gasteiger partial charge in [0, 0.05) is 23.4 Å². The standard InChI is InChI=1S/C13H10N2O4/c1-9-4-11(2-3-13(9)15(17)18)19-12-5-10(8-16)6-14-7-12/h2-8H,1H3. The highest BCUT2D eigenvalue weighted by molar-refractivity contribution is 5.74. The van der Waals surface area contributed by atoms with Gasteiger partial charge in [-0.1, -0.05) is 0 Å². The van der Waals surface area contributed by atoms with Crippen molar-refractivity contribution in [2.24, 2.45) is 0 Å². The summed E-state index contributed by atoms with van der Waals surface area (Å²) in [5, 5.41) is 10.7. The van der Waals surface area contributed by atoms with Crippen LogP contribution in [-0.4, -0.2) is 16.2 Å². The van der Waals surface area contributed by atoms with E-state index in [2.05, 4.69) is 4.98 Å². The Morgan fingerprint density at radius 3 is 2.68 bits per heavy atom. The fourth-order valence-corrected chi connectivity index (χ4v) is 1.59. The lowest BCUT2D eigenvalue weighted by molar-refractivity contribution is -0.385. The number of carbonyl (C=O) groups is 1. The summed E-state index contributed by atoms with van der Waals surface area (Å²) in [6.07, 6.45) is 3.55. The Bertz CT molecular complexity index is 640. The average molecular weight is 258 g/mol. The van der Waals surface area contributed by atoms with Crippen molar-refractivity contribution < 1.29 is 14.5 Å². The maximum Gasteiger partial charge on any atom is 0.272 e. The molecule has 6 nitrogen and oxygen atoms in total. The number of aromatic nitrogens is 1. The number of benzene rings is 1. The second kappa shape index (κ2) is 5.26. The van der Waals surface area contributed by atoms with Crippen molar-refractivity contribution in [3.05, 3.63) is 57.9 Å². The van der Waals surface area contributed by atoms with E-state index in [9.17, 15) is 14.9 Å². The third kappa shape index (κ3) is 2.92. The van der Waals surface area contributed by atoms with Crippen molar-refractivity contribution in [2.45, 2.75) is 6.92 Å². The number of nitro groups is 1. The van der Waals surface area contributed by atoms with Gasteiger partial charge in [0.05, 0.1) is 11.1 Å². The van der Waals surface area contributed by atoms with Gasteiger partial charge in [-0.25, -0.2) is 0 Å². The molecule has 0 bridgehead atoms. The molecule has 96 valence electrons. The molecular formula is C13H10N2O4. The van der Waals surface area contributed by atoms with E-state index in [0.717, 1.165) is 0 Å². The van der Waals surface area contributed by atoms with E-state index < -0.39 is 4.92 Å². The van der Waals surface area contributed by atoms with Gasteiger partial charge in [0.1, 0.15) is 11.5 Å². The summed E-state index contributed by atoms with van der Waals surface area (Å²) in [5.74, 6) is 0.853. The number of pyridine rings is 1. The highest BCUT2D eigenvalue weighted by Gasteiger charge is 2.11. The second-order valence-electron chi connectivity index (χ2n) is 3.88. The second-order valence-corrected chi connectivity index (χ2v) is 3.88. The number of rotatable bonds is 4. The third-order valence-electron chi connectivity index (χ3n) is 2.47. The zero-order valence-electron chi connectivity index (χ0n) is 10.1. The number of ether oxygens (including phenoxy) is 1. The monoisotopic (exact) mass is 258 g/mol. The maximum absolute atomic E-state index is 10.7. The van der Waals surface area contributed by atoms with Crippen LogP contribution >= 0.6 is 0 Å². The Hall–Kier alpha value is -2.76. The van der Waals surface area contributed by atoms with Gasteiger partial charge < -0.3 is 4.74 Å². The lowest BCUT2D eigenvalue weighted by atomic mass is 10.2. The SMILES string of the molecule is Cc1cc(Oc2cncc(C=O)c2)ccc1[N+](=O)[O-]. The Labute approximate surface area is 108 Å². The first-order chi connectivity index (χ1) is 9.10. The van der Waals surface area contributed by atoms with E-state index >= 15 is 0 Å². The number of hydrogen-bond acceptors (Lipinski definition) is 5. The van der Waals surface area contributed by atoms with Crippen LogP contribution in [0.25, 0.3) is 0 Å². The van der Waals surface area contributed by atoms with Gasteiger partial charge in [-0.15, -0.1) is 0 Å². The molecule has 1 heterocycles. The lowest BCUT2D eigenvalue weighted by Gasteiger charge is -2.06. The Kier molecular flexibility index (Phi) is 3.51. The molecule has 0 atom stereocenters. The average Bonchev–Trinajstić information content (AvgIpc) is 2.38. The van der Waals surface area contributed by atoms with Gasteiger partial charge in [0.25, 0.3) is 5.69 Å². The molecule has 0 unspecified atom stereocenters. The number of aryl methyl sites for hydroxylation is 1. The number of aldehydes is 1. The van der Waals surface area contributed by atoms with Crippen LogP contribution in [0.4, 0.5) is 5.69 Å². The Morgan fingerprint density at radius 2 is 2.05 bits per heavy atom. The highest BCUT2D eigenvalue weighted by Crippen LogP contribution is 2.26. The Balaban J connectivity index is 2.26. The van der Waals surface area contributed by atoms with E-state index in [1.165, 1.54) is 30.6 Å². The molecule has 0 aliphatic rings. The van der Waals surface area contributed by atoms with Crippen LogP contribution in [0, 0.1) is 17.0 Å². The van der Waals surface area contributed by atoms with Crippen molar-refractivity contribution in [1.29, 1.82) is 0 Å². The smallest absolute Gasteiger partial charge is 0.272 e. The molecule has 6 heteroatoms. The van der Waals surface area contributed by atoms with Crippen LogP contribution < -0.4 is 4.74 Å². The molecular weight excluding hydrogens is 248 g/mol. The molecule has 1 aromatic carbocycles. The molecule has 19 heavy (non-hydrogen) atoms. The quantitative estimate of drug-likeness (QED) is 0.478. The summed E-state index contributed by atoms with van der Waals surface area (Å²) in [7, 11) is 0. The zero-order chi connectivity index (χ0) is 13.8. The lowest BCUT2D eigenvalue weighted by Crippen LogP contribution is -1.93. The number of nitro benzene ring substituents is 1. The summed E-state index contributed by atoms with van der Waals surface area (Å²) in [6.45, 7) is 1.63. The van der Waals surface area contributed by atoms with E-state index in [1.807, 2.05) is 0 Å². The zero-order valence-corrected chi connectivity index (χ0v) is 10.1. The van der Waals surface area contributed by atoms with Crippen LogP contribution in [-0.2, 0) is 0 Å². The molecule has 1 aromatic heterocycles. The molecule has 2 rings (SSSR count). The molecule has 0 spiro atoms. The van der Waals surface area contributed by atoms with Gasteiger partial charge in [-0.3, -0.25) is 19.9 Å². The van der Waals surface area contributed by atoms with Crippen molar-refractivity contribution in [3.8, 4) is 11.5 Å². The van der Waals surface area contributed by atoms with Crippen LogP contribution in [0.15, 0.2) is 36.7 Å². The van der Waals surface area contributed by atoms with Crippen LogP contribution in [0.5, 0.6) is 11.5 Å². The van der Waals surface area contributed by atoms with Gasteiger partial charge in [-0.05, 0) is 25.1 Å². The normalized spacial score (nSPS) is 9.95. The molecule has 0 saturated carbocycles. The summed E-state index contributed by atoms with van der Waals surface area (Å²) < 4.78 is 5.49. The fraction of sp³-hybridized carbons (Fsp3) is 0.0769. The third-order valence-corrected chi connectivity index (χ3v) is 2.47. The van der Waals surface area contributed by atoms with Crippen LogP contribution in [0.3, 0.4) is 0 Å². The molecule has 0 fully saturated rings. The van der Waals surface area contributed by atoms with Crippen molar-refractivity contribution in [1.82, 2.24) is 4.98 Å². The number of carbonyl (C=O) groups excluding carboxylic acids is 1. The van der Waals surface area contributed by atoms with Gasteiger partial charge in [0.2, 0.25) is 0 Å². The predicted molar refractivity (Wildman–Crippen MR) is 67.5 cm³/mol. The minimum absolute atomic E-state index is 0.0344. The topological polar surface area (TPSA) is 82.3 Å². The summed E-state index contributed by atoms with van der Waals surface area (Å²) in [5.41, 5.74) is 0.935. The van der Waals surface area contributed by atoms with E-state index in [0.29, 0.717) is 28.9 Å². The van der Waals surface area contributed by atoms with E-state index in [1.54, 1.807) is 13.0 Å². The van der Waals surface area contributed by atoms with Crippen LogP contribution in [0.2, 0.25) is 0 Å². The molecule has 0 saturated heterocycles. The largest absolute Gasteiger partial charge is 0.456 e. The van der Waals surface area contributed by atoms with Crippen molar-refractivity contribution in [3.63, 3.8) is 0 Å². The van der Waals surface area contributed by atoms with E-state index in [-0.39, 0.29) is 5.69 Å². The molecule has 0 radical (unpaired) electrons. The number of nitrogens with zero attached hydrogens (tertiary/aromatic N) is 2.